The fourth-order valence-electron chi connectivity index (χ4n) is 1.98. The van der Waals surface area contributed by atoms with Crippen LogP contribution in [0.1, 0.15) is 39.0 Å². The van der Waals surface area contributed by atoms with Crippen molar-refractivity contribution >= 4 is 10.8 Å². The summed E-state index contributed by atoms with van der Waals surface area (Å²) in [7, 11) is -0.682. The van der Waals surface area contributed by atoms with E-state index in [0.29, 0.717) is 17.3 Å². The Kier molecular flexibility index (Phi) is 5.79. The van der Waals surface area contributed by atoms with Crippen molar-refractivity contribution in [1.29, 1.82) is 0 Å². The molecule has 2 atom stereocenters. The van der Waals surface area contributed by atoms with Crippen LogP contribution in [-0.4, -0.2) is 34.3 Å². The van der Waals surface area contributed by atoms with Crippen LogP contribution in [0.15, 0.2) is 0 Å². The first-order valence-corrected chi connectivity index (χ1v) is 7.53. The number of nitrogens with one attached hydrogen (secondary N) is 1. The summed E-state index contributed by atoms with van der Waals surface area (Å²) < 4.78 is 11.1. The minimum atomic E-state index is -0.682. The molecule has 0 aromatic carbocycles. The lowest BCUT2D eigenvalue weighted by molar-refractivity contribution is 0.342. The van der Waals surface area contributed by atoms with Crippen LogP contribution in [0.25, 0.3) is 0 Å². The maximum absolute atomic E-state index is 11.1. The minimum Gasteiger partial charge on any atom is -0.328 e. The van der Waals surface area contributed by atoms with Crippen molar-refractivity contribution in [2.45, 2.75) is 56.4 Å². The van der Waals surface area contributed by atoms with Crippen molar-refractivity contribution in [1.82, 2.24) is 5.32 Å². The first-order valence-electron chi connectivity index (χ1n) is 5.90. The summed E-state index contributed by atoms with van der Waals surface area (Å²) in [6, 6.07) is 1.06. The van der Waals surface area contributed by atoms with E-state index in [1.165, 1.54) is 12.8 Å². The summed E-state index contributed by atoms with van der Waals surface area (Å²) in [5.74, 6) is 0. The highest BCUT2D eigenvalue weighted by molar-refractivity contribution is 7.84. The maximum Gasteiger partial charge on any atom is 0.0329 e. The average molecular weight is 232 g/mol. The van der Waals surface area contributed by atoms with Crippen LogP contribution in [0.5, 0.6) is 0 Å². The molecule has 2 unspecified atom stereocenters. The van der Waals surface area contributed by atoms with Gasteiger partial charge in [-0.3, -0.25) is 4.21 Å². The van der Waals surface area contributed by atoms with Crippen LogP contribution < -0.4 is 11.1 Å². The molecule has 1 rings (SSSR count). The summed E-state index contributed by atoms with van der Waals surface area (Å²) in [5, 5.41) is 3.85. The molecule has 3 nitrogen and oxygen atoms in total. The largest absolute Gasteiger partial charge is 0.328 e. The minimum absolute atomic E-state index is 0.309. The summed E-state index contributed by atoms with van der Waals surface area (Å²) >= 11 is 0. The Balaban J connectivity index is 2.07. The SMILES string of the molecule is CC(CCNC1CCC(N)CC1)S(C)=O. The van der Waals surface area contributed by atoms with Gasteiger partial charge < -0.3 is 11.1 Å². The topological polar surface area (TPSA) is 55.1 Å². The molecule has 1 aliphatic rings. The Morgan fingerprint density at radius 3 is 2.53 bits per heavy atom. The summed E-state index contributed by atoms with van der Waals surface area (Å²) in [5.41, 5.74) is 5.85. The first kappa shape index (κ1) is 13.1. The molecule has 3 N–H and O–H groups in total. The molecule has 0 heterocycles. The first-order chi connectivity index (χ1) is 7.09. The van der Waals surface area contributed by atoms with Gasteiger partial charge in [-0.2, -0.15) is 0 Å². The molecule has 1 saturated carbocycles. The van der Waals surface area contributed by atoms with Gasteiger partial charge in [-0.15, -0.1) is 0 Å². The molecule has 1 fully saturated rings. The molecule has 0 bridgehead atoms. The van der Waals surface area contributed by atoms with E-state index in [9.17, 15) is 4.21 Å². The van der Waals surface area contributed by atoms with Crippen molar-refractivity contribution in [3.63, 3.8) is 0 Å². The summed E-state index contributed by atoms with van der Waals surface area (Å²) in [4.78, 5) is 0. The third-order valence-corrected chi connectivity index (χ3v) is 4.69. The monoisotopic (exact) mass is 232 g/mol. The number of nitrogens with two attached hydrogens (primary N) is 1. The quantitative estimate of drug-likeness (QED) is 0.743. The van der Waals surface area contributed by atoms with Gasteiger partial charge >= 0.3 is 0 Å². The van der Waals surface area contributed by atoms with Gasteiger partial charge in [-0.1, -0.05) is 6.92 Å². The number of hydrogen-bond acceptors (Lipinski definition) is 3. The highest BCUT2D eigenvalue weighted by Gasteiger charge is 2.17. The predicted octanol–water partition coefficient (Wildman–Crippen LogP) is 1.00. The van der Waals surface area contributed by atoms with Crippen LogP contribution >= 0.6 is 0 Å². The second-order valence-corrected chi connectivity index (χ2v) is 6.47. The molecular weight excluding hydrogens is 208 g/mol. The Morgan fingerprint density at radius 2 is 2.00 bits per heavy atom. The Hall–Kier alpha value is 0.0700. The van der Waals surface area contributed by atoms with Crippen LogP contribution in [0, 0.1) is 0 Å². The molecule has 15 heavy (non-hydrogen) atoms. The van der Waals surface area contributed by atoms with Gasteiger partial charge in [0.2, 0.25) is 0 Å². The molecule has 0 saturated heterocycles. The fraction of sp³-hybridized carbons (Fsp3) is 1.00. The van der Waals surface area contributed by atoms with E-state index < -0.39 is 10.8 Å². The van der Waals surface area contributed by atoms with Crippen molar-refractivity contribution in [2.24, 2.45) is 5.73 Å². The smallest absolute Gasteiger partial charge is 0.0329 e. The van der Waals surface area contributed by atoms with Gasteiger partial charge in [0.1, 0.15) is 0 Å². The number of hydrogen-bond donors (Lipinski definition) is 2. The van der Waals surface area contributed by atoms with Crippen molar-refractivity contribution < 1.29 is 4.21 Å². The van der Waals surface area contributed by atoms with E-state index in [1.807, 2.05) is 0 Å². The van der Waals surface area contributed by atoms with Crippen molar-refractivity contribution in [3.05, 3.63) is 0 Å². The van der Waals surface area contributed by atoms with E-state index in [0.717, 1.165) is 25.8 Å². The van der Waals surface area contributed by atoms with E-state index >= 15 is 0 Å². The summed E-state index contributed by atoms with van der Waals surface area (Å²) in [6.07, 6.45) is 7.48. The maximum atomic E-state index is 11.1. The zero-order valence-electron chi connectivity index (χ0n) is 9.87. The van der Waals surface area contributed by atoms with Gasteiger partial charge in [0.05, 0.1) is 0 Å². The van der Waals surface area contributed by atoms with Crippen molar-refractivity contribution in [2.75, 3.05) is 12.8 Å². The average Bonchev–Trinajstić information content (AvgIpc) is 2.20. The number of rotatable bonds is 5. The summed E-state index contributed by atoms with van der Waals surface area (Å²) in [6.45, 7) is 3.04. The molecule has 0 aromatic heterocycles. The van der Waals surface area contributed by atoms with Crippen LogP contribution in [-0.2, 0) is 10.8 Å². The molecule has 0 amide bonds. The third kappa shape index (κ3) is 5.09. The van der Waals surface area contributed by atoms with Gasteiger partial charge in [0.25, 0.3) is 0 Å². The highest BCUT2D eigenvalue weighted by Crippen LogP contribution is 2.16. The Morgan fingerprint density at radius 1 is 1.40 bits per heavy atom. The van der Waals surface area contributed by atoms with Gasteiger partial charge in [0.15, 0.2) is 0 Å². The highest BCUT2D eigenvalue weighted by atomic mass is 32.2. The lowest BCUT2D eigenvalue weighted by Gasteiger charge is -2.27. The molecule has 4 heteroatoms. The molecular formula is C11H24N2OS. The Bertz CT molecular complexity index is 203. The van der Waals surface area contributed by atoms with Crippen LogP contribution in [0.4, 0.5) is 0 Å². The van der Waals surface area contributed by atoms with Gasteiger partial charge in [0, 0.05) is 34.4 Å². The third-order valence-electron chi connectivity index (χ3n) is 3.32. The van der Waals surface area contributed by atoms with Crippen LogP contribution in [0.3, 0.4) is 0 Å². The molecule has 1 aliphatic carbocycles. The van der Waals surface area contributed by atoms with Gasteiger partial charge in [-0.25, -0.2) is 0 Å². The molecule has 0 spiro atoms. The van der Waals surface area contributed by atoms with E-state index in [4.69, 9.17) is 5.73 Å². The molecule has 0 aromatic rings. The zero-order valence-corrected chi connectivity index (χ0v) is 10.7. The second kappa shape index (κ2) is 6.61. The van der Waals surface area contributed by atoms with Crippen LogP contribution in [0.2, 0.25) is 0 Å². The van der Waals surface area contributed by atoms with Crippen molar-refractivity contribution in [3.8, 4) is 0 Å². The van der Waals surface area contributed by atoms with E-state index in [1.54, 1.807) is 6.26 Å². The standard InChI is InChI=1S/C11H24N2OS/c1-9(15(2)14)7-8-13-11-5-3-10(12)4-6-11/h9-11,13H,3-8,12H2,1-2H3. The normalized spacial score (nSPS) is 31.1. The molecule has 0 radical (unpaired) electrons. The zero-order chi connectivity index (χ0) is 11.3. The molecule has 90 valence electrons. The second-order valence-electron chi connectivity index (χ2n) is 4.66. The fourth-order valence-corrected chi connectivity index (χ4v) is 2.43. The molecule has 0 aliphatic heterocycles. The van der Waals surface area contributed by atoms with Gasteiger partial charge in [-0.05, 0) is 38.6 Å². The van der Waals surface area contributed by atoms with E-state index in [2.05, 4.69) is 12.2 Å². The lowest BCUT2D eigenvalue weighted by Crippen LogP contribution is -2.38. The Labute approximate surface area is 95.6 Å². The lowest BCUT2D eigenvalue weighted by atomic mass is 9.92. The predicted molar refractivity (Wildman–Crippen MR) is 66.4 cm³/mol. The van der Waals surface area contributed by atoms with E-state index in [-0.39, 0.29) is 0 Å².